The maximum Gasteiger partial charge on any atom is 0.0500 e. The van der Waals surface area contributed by atoms with Gasteiger partial charge >= 0.3 is 0 Å². The van der Waals surface area contributed by atoms with Crippen LogP contribution in [0.4, 0.5) is 5.69 Å². The van der Waals surface area contributed by atoms with E-state index >= 15 is 0 Å². The van der Waals surface area contributed by atoms with Gasteiger partial charge in [-0.1, -0.05) is 26.0 Å². The number of anilines is 1. The number of hydrogen-bond donors (Lipinski definition) is 2. The van der Waals surface area contributed by atoms with Gasteiger partial charge in [0, 0.05) is 63.0 Å². The van der Waals surface area contributed by atoms with Crippen LogP contribution in [0.2, 0.25) is 0 Å². The molecule has 0 aliphatic carbocycles. The fourth-order valence-corrected chi connectivity index (χ4v) is 3.64. The number of piperazine rings is 1. The molecule has 0 aromatic heterocycles. The van der Waals surface area contributed by atoms with Crippen molar-refractivity contribution in [3.8, 4) is 0 Å². The van der Waals surface area contributed by atoms with Crippen LogP contribution >= 0.6 is 12.4 Å². The Kier molecular flexibility index (Phi) is 8.51. The highest BCUT2D eigenvalue weighted by molar-refractivity contribution is 5.85. The Labute approximate surface area is 153 Å². The lowest BCUT2D eigenvalue weighted by molar-refractivity contribution is 0.0305. The summed E-state index contributed by atoms with van der Waals surface area (Å²) < 4.78 is 0. The van der Waals surface area contributed by atoms with E-state index in [0.29, 0.717) is 0 Å². The van der Waals surface area contributed by atoms with E-state index < -0.39 is 0 Å². The molecule has 138 valence electrons. The quantitative estimate of drug-likeness (QED) is 0.788. The molecule has 0 radical (unpaired) electrons. The summed E-state index contributed by atoms with van der Waals surface area (Å²) in [6, 6.07) is 9.20. The van der Waals surface area contributed by atoms with E-state index in [1.165, 1.54) is 11.3 Å². The van der Waals surface area contributed by atoms with Gasteiger partial charge in [0.05, 0.1) is 0 Å². The topological polar surface area (TPSA) is 38.7 Å². The van der Waals surface area contributed by atoms with Gasteiger partial charge in [0.25, 0.3) is 0 Å². The molecule has 4 nitrogen and oxygen atoms in total. The standard InChI is InChI=1S/C19H33N3O.ClH/c1-5-21(6-2)17-9-7-16(8-10-17)18(19(3,4)15-23)22-13-11-20-12-14-22;/h7-10,18,20,23H,5-6,11-15H2,1-4H3;1H/t18-;/m0./s1. The number of benzene rings is 1. The van der Waals surface area contributed by atoms with Crippen LogP contribution in [0.5, 0.6) is 0 Å². The number of nitrogens with zero attached hydrogens (tertiary/aromatic N) is 2. The third kappa shape index (κ3) is 4.85. The van der Waals surface area contributed by atoms with Crippen LogP contribution in [0, 0.1) is 5.41 Å². The van der Waals surface area contributed by atoms with Gasteiger partial charge in [-0.25, -0.2) is 0 Å². The van der Waals surface area contributed by atoms with E-state index in [0.717, 1.165) is 39.3 Å². The van der Waals surface area contributed by atoms with Crippen molar-refractivity contribution in [1.29, 1.82) is 0 Å². The minimum Gasteiger partial charge on any atom is -0.396 e. The van der Waals surface area contributed by atoms with E-state index in [1.54, 1.807) is 0 Å². The molecule has 1 fully saturated rings. The Morgan fingerprint density at radius 1 is 1.12 bits per heavy atom. The first-order valence-electron chi connectivity index (χ1n) is 8.94. The molecule has 0 amide bonds. The van der Waals surface area contributed by atoms with Crippen LogP contribution in [-0.2, 0) is 0 Å². The van der Waals surface area contributed by atoms with E-state index in [-0.39, 0.29) is 30.5 Å². The van der Waals surface area contributed by atoms with Gasteiger partial charge in [0.1, 0.15) is 0 Å². The number of nitrogens with one attached hydrogen (secondary N) is 1. The van der Waals surface area contributed by atoms with Crippen LogP contribution in [0.3, 0.4) is 0 Å². The molecular formula is C19H34ClN3O. The fraction of sp³-hybridized carbons (Fsp3) is 0.684. The minimum absolute atomic E-state index is 0. The van der Waals surface area contributed by atoms with Crippen LogP contribution in [-0.4, -0.2) is 55.9 Å². The number of aliphatic hydroxyl groups is 1. The molecular weight excluding hydrogens is 322 g/mol. The normalized spacial score (nSPS) is 17.2. The molecule has 1 aromatic carbocycles. The summed E-state index contributed by atoms with van der Waals surface area (Å²) in [6.45, 7) is 15.1. The van der Waals surface area contributed by atoms with E-state index in [9.17, 15) is 5.11 Å². The van der Waals surface area contributed by atoms with E-state index in [4.69, 9.17) is 0 Å². The summed E-state index contributed by atoms with van der Waals surface area (Å²) in [5.74, 6) is 0. The van der Waals surface area contributed by atoms with Crippen molar-refractivity contribution in [1.82, 2.24) is 10.2 Å². The maximum atomic E-state index is 9.92. The highest BCUT2D eigenvalue weighted by atomic mass is 35.5. The molecule has 24 heavy (non-hydrogen) atoms. The zero-order valence-electron chi connectivity index (χ0n) is 15.6. The zero-order valence-corrected chi connectivity index (χ0v) is 16.4. The molecule has 1 aliphatic heterocycles. The Bertz CT molecular complexity index is 468. The third-order valence-electron chi connectivity index (χ3n) is 5.00. The first-order chi connectivity index (χ1) is 11.0. The lowest BCUT2D eigenvalue weighted by Gasteiger charge is -2.43. The van der Waals surface area contributed by atoms with E-state index in [1.807, 2.05) is 0 Å². The number of halogens is 1. The predicted octanol–water partition coefficient (Wildman–Crippen LogP) is 2.92. The van der Waals surface area contributed by atoms with Crippen LogP contribution < -0.4 is 10.2 Å². The molecule has 2 rings (SSSR count). The average Bonchev–Trinajstić information content (AvgIpc) is 2.58. The molecule has 0 spiro atoms. The van der Waals surface area contributed by atoms with Crippen molar-refractivity contribution in [3.05, 3.63) is 29.8 Å². The first-order valence-corrected chi connectivity index (χ1v) is 8.94. The molecule has 2 N–H and O–H groups in total. The maximum absolute atomic E-state index is 9.92. The molecule has 1 heterocycles. The summed E-state index contributed by atoms with van der Waals surface area (Å²) in [5, 5.41) is 13.3. The second-order valence-electron chi connectivity index (χ2n) is 7.10. The number of rotatable bonds is 7. The summed E-state index contributed by atoms with van der Waals surface area (Å²) in [6.07, 6.45) is 0. The van der Waals surface area contributed by atoms with Crippen molar-refractivity contribution in [2.24, 2.45) is 5.41 Å². The predicted molar refractivity (Wildman–Crippen MR) is 105 cm³/mol. The molecule has 1 aromatic rings. The van der Waals surface area contributed by atoms with Crippen LogP contribution in [0.15, 0.2) is 24.3 Å². The van der Waals surface area contributed by atoms with Crippen molar-refractivity contribution in [2.45, 2.75) is 33.7 Å². The fourth-order valence-electron chi connectivity index (χ4n) is 3.64. The SMILES string of the molecule is CCN(CC)c1ccc([C@H](N2CCNCC2)C(C)(C)CO)cc1.Cl. The Balaban J connectivity index is 0.00000288. The summed E-state index contributed by atoms with van der Waals surface area (Å²) in [4.78, 5) is 4.87. The number of aliphatic hydroxyl groups excluding tert-OH is 1. The summed E-state index contributed by atoms with van der Waals surface area (Å²) >= 11 is 0. The lowest BCUT2D eigenvalue weighted by Crippen LogP contribution is -2.49. The largest absolute Gasteiger partial charge is 0.396 e. The van der Waals surface area contributed by atoms with Crippen LogP contribution in [0.1, 0.15) is 39.3 Å². The van der Waals surface area contributed by atoms with Crippen LogP contribution in [0.25, 0.3) is 0 Å². The highest BCUT2D eigenvalue weighted by Crippen LogP contribution is 2.38. The van der Waals surface area contributed by atoms with Gasteiger partial charge < -0.3 is 15.3 Å². The highest BCUT2D eigenvalue weighted by Gasteiger charge is 2.35. The smallest absolute Gasteiger partial charge is 0.0500 e. The van der Waals surface area contributed by atoms with Crippen molar-refractivity contribution in [3.63, 3.8) is 0 Å². The average molecular weight is 356 g/mol. The molecule has 1 atom stereocenters. The third-order valence-corrected chi connectivity index (χ3v) is 5.00. The Morgan fingerprint density at radius 3 is 2.12 bits per heavy atom. The second-order valence-corrected chi connectivity index (χ2v) is 7.10. The Morgan fingerprint density at radius 2 is 1.67 bits per heavy atom. The zero-order chi connectivity index (χ0) is 16.9. The molecule has 5 heteroatoms. The van der Waals surface area contributed by atoms with Crippen molar-refractivity contribution >= 4 is 18.1 Å². The number of hydrogen-bond acceptors (Lipinski definition) is 4. The van der Waals surface area contributed by atoms with Crippen molar-refractivity contribution in [2.75, 3.05) is 50.8 Å². The Hall–Kier alpha value is -0.810. The van der Waals surface area contributed by atoms with Gasteiger partial charge in [-0.15, -0.1) is 12.4 Å². The molecule has 0 bridgehead atoms. The molecule has 0 saturated carbocycles. The first kappa shape index (κ1) is 21.2. The summed E-state index contributed by atoms with van der Waals surface area (Å²) in [5.41, 5.74) is 2.43. The van der Waals surface area contributed by atoms with Gasteiger partial charge in [-0.05, 0) is 31.5 Å². The summed E-state index contributed by atoms with van der Waals surface area (Å²) in [7, 11) is 0. The van der Waals surface area contributed by atoms with Crippen molar-refractivity contribution < 1.29 is 5.11 Å². The van der Waals surface area contributed by atoms with Gasteiger partial charge in [-0.3, -0.25) is 4.90 Å². The molecule has 1 saturated heterocycles. The van der Waals surface area contributed by atoms with Gasteiger partial charge in [0.15, 0.2) is 0 Å². The van der Waals surface area contributed by atoms with E-state index in [2.05, 4.69) is 67.1 Å². The molecule has 0 unspecified atom stereocenters. The minimum atomic E-state index is -0.159. The monoisotopic (exact) mass is 355 g/mol. The van der Waals surface area contributed by atoms with Gasteiger partial charge in [-0.2, -0.15) is 0 Å². The molecule has 1 aliphatic rings. The lowest BCUT2D eigenvalue weighted by atomic mass is 9.79. The van der Waals surface area contributed by atoms with Gasteiger partial charge in [0.2, 0.25) is 0 Å². The second kappa shape index (κ2) is 9.62.